The highest BCUT2D eigenvalue weighted by atomic mass is 35.5. The molecule has 2 aliphatic heterocycles. The van der Waals surface area contributed by atoms with Crippen molar-refractivity contribution in [3.8, 4) is 5.75 Å². The number of fused-ring (bicyclic) bond motifs is 2. The molecule has 210 valence electrons. The maximum atomic E-state index is 13.3. The molecule has 39 heavy (non-hydrogen) atoms. The Morgan fingerprint density at radius 1 is 1.00 bits per heavy atom. The molecule has 12 heteroatoms. The van der Waals surface area contributed by atoms with Gasteiger partial charge in [0.1, 0.15) is 17.7 Å². The van der Waals surface area contributed by atoms with Crippen LogP contribution < -0.4 is 20.5 Å². The van der Waals surface area contributed by atoms with Crippen LogP contribution in [-0.2, 0) is 16.4 Å². The van der Waals surface area contributed by atoms with E-state index in [9.17, 15) is 13.2 Å². The van der Waals surface area contributed by atoms with Crippen molar-refractivity contribution in [3.05, 3.63) is 71.3 Å². The van der Waals surface area contributed by atoms with Crippen LogP contribution in [0.1, 0.15) is 42.5 Å². The van der Waals surface area contributed by atoms with Gasteiger partial charge in [-0.2, -0.15) is 0 Å². The van der Waals surface area contributed by atoms with Crippen LogP contribution in [0.5, 0.6) is 5.75 Å². The van der Waals surface area contributed by atoms with E-state index in [4.69, 9.17) is 21.6 Å². The molecule has 0 spiro atoms. The molecule has 0 saturated carbocycles. The lowest BCUT2D eigenvalue weighted by Gasteiger charge is -2.31. The summed E-state index contributed by atoms with van der Waals surface area (Å²) in [6, 6.07) is 16.3. The number of nitrogens with one attached hydrogen (secondary N) is 1. The van der Waals surface area contributed by atoms with Gasteiger partial charge in [0.15, 0.2) is 0 Å². The van der Waals surface area contributed by atoms with Crippen molar-refractivity contribution in [3.63, 3.8) is 0 Å². The third-order valence-electron chi connectivity index (χ3n) is 7.27. The second-order valence-corrected chi connectivity index (χ2v) is 11.7. The number of halogens is 2. The number of primary amides is 1. The molecular weight excluding hydrogens is 561 g/mol. The molecule has 0 radical (unpaired) electrons. The first-order chi connectivity index (χ1) is 17.7. The summed E-state index contributed by atoms with van der Waals surface area (Å²) >= 11 is 0. The van der Waals surface area contributed by atoms with E-state index in [-0.39, 0.29) is 48.5 Å². The number of benzene rings is 3. The van der Waals surface area contributed by atoms with Crippen LogP contribution in [0.25, 0.3) is 10.8 Å². The van der Waals surface area contributed by atoms with Crippen LogP contribution in [0.15, 0.2) is 54.6 Å². The molecule has 5 rings (SSSR count). The van der Waals surface area contributed by atoms with E-state index in [1.807, 2.05) is 54.6 Å². The number of rotatable bonds is 6. The van der Waals surface area contributed by atoms with Gasteiger partial charge in [0.2, 0.25) is 10.0 Å². The van der Waals surface area contributed by atoms with E-state index in [0.29, 0.717) is 49.4 Å². The van der Waals surface area contributed by atoms with Gasteiger partial charge in [0.25, 0.3) is 0 Å². The molecule has 3 aromatic rings. The first kappa shape index (κ1) is 30.3. The number of urea groups is 1. The summed E-state index contributed by atoms with van der Waals surface area (Å²) in [6.07, 6.45) is 1.87. The third-order valence-corrected chi connectivity index (χ3v) is 9.05. The number of nitrogen functional groups attached to an aromatic ring is 1. The number of hydrogen-bond donors (Lipinski definition) is 3. The number of likely N-dealkylation sites (tertiary alicyclic amines) is 1. The van der Waals surface area contributed by atoms with Gasteiger partial charge in [-0.1, -0.05) is 24.3 Å². The van der Waals surface area contributed by atoms with E-state index >= 15 is 0 Å². The van der Waals surface area contributed by atoms with Crippen LogP contribution >= 0.6 is 24.8 Å². The first-order valence-corrected chi connectivity index (χ1v) is 14.0. The maximum Gasteiger partial charge on any atom is 0.314 e. The van der Waals surface area contributed by atoms with Crippen molar-refractivity contribution in [1.82, 2.24) is 4.90 Å². The zero-order chi connectivity index (χ0) is 26.3. The fourth-order valence-electron chi connectivity index (χ4n) is 5.24. The summed E-state index contributed by atoms with van der Waals surface area (Å²) in [7, 11) is -3.55. The first-order valence-electron chi connectivity index (χ1n) is 12.4. The minimum atomic E-state index is -3.55. The quantitative estimate of drug-likeness (QED) is 0.287. The van der Waals surface area contributed by atoms with Gasteiger partial charge in [-0.15, -0.1) is 24.8 Å². The number of nitrogens with two attached hydrogens (primary N) is 2. The SMILES string of the molecule is CCS(=O)(=O)N1c2ccc(OC3CCN(C(N)=O)CC3)cc2CC1c1ccc2ccc(C(=N)N)cc2c1.Cl.Cl. The van der Waals surface area contributed by atoms with E-state index < -0.39 is 16.1 Å². The molecule has 5 N–H and O–H groups in total. The fourth-order valence-corrected chi connectivity index (χ4v) is 6.58. The van der Waals surface area contributed by atoms with Crippen LogP contribution in [0.3, 0.4) is 0 Å². The highest BCUT2D eigenvalue weighted by Crippen LogP contribution is 2.44. The normalized spacial score (nSPS) is 17.2. The number of amidine groups is 1. The number of hydrogen-bond acceptors (Lipinski definition) is 5. The average molecular weight is 595 g/mol. The Hall–Kier alpha value is -3.21. The Kier molecular flexibility index (Phi) is 9.25. The zero-order valence-electron chi connectivity index (χ0n) is 21.5. The van der Waals surface area contributed by atoms with Crippen LogP contribution in [0, 0.1) is 5.41 Å². The summed E-state index contributed by atoms with van der Waals surface area (Å²) in [5.74, 6) is 0.667. The summed E-state index contributed by atoms with van der Waals surface area (Å²) < 4.78 is 34.2. The van der Waals surface area contributed by atoms with Gasteiger partial charge in [0.05, 0.1) is 17.5 Å². The lowest BCUT2D eigenvalue weighted by Crippen LogP contribution is -2.44. The molecule has 9 nitrogen and oxygen atoms in total. The van der Waals surface area contributed by atoms with Crippen molar-refractivity contribution in [1.29, 1.82) is 5.41 Å². The highest BCUT2D eigenvalue weighted by Gasteiger charge is 2.38. The van der Waals surface area contributed by atoms with E-state index in [1.54, 1.807) is 11.8 Å². The van der Waals surface area contributed by atoms with Gasteiger partial charge in [-0.3, -0.25) is 9.71 Å². The minimum absolute atomic E-state index is 0. The van der Waals surface area contributed by atoms with Crippen molar-refractivity contribution >= 4 is 63.2 Å². The number of anilines is 1. The maximum absolute atomic E-state index is 13.3. The molecular formula is C27H33Cl2N5O4S. The molecule has 0 aliphatic carbocycles. The number of sulfonamides is 1. The summed E-state index contributed by atoms with van der Waals surface area (Å²) in [6.45, 7) is 2.77. The molecule has 1 fully saturated rings. The van der Waals surface area contributed by atoms with Crippen molar-refractivity contribution < 1.29 is 17.9 Å². The van der Waals surface area contributed by atoms with Crippen LogP contribution in [-0.4, -0.2) is 50.1 Å². The van der Waals surface area contributed by atoms with Gasteiger partial charge in [-0.05, 0) is 59.2 Å². The lowest BCUT2D eigenvalue weighted by atomic mass is 9.98. The largest absolute Gasteiger partial charge is 0.490 e. The second kappa shape index (κ2) is 11.9. The Labute approximate surface area is 240 Å². The molecule has 1 unspecified atom stereocenters. The Morgan fingerprint density at radius 2 is 1.69 bits per heavy atom. The van der Waals surface area contributed by atoms with Crippen LogP contribution in [0.2, 0.25) is 0 Å². The summed E-state index contributed by atoms with van der Waals surface area (Å²) in [4.78, 5) is 13.0. The van der Waals surface area contributed by atoms with Gasteiger partial charge >= 0.3 is 6.03 Å². The van der Waals surface area contributed by atoms with Crippen molar-refractivity contribution in [2.75, 3.05) is 23.1 Å². The second-order valence-electron chi connectivity index (χ2n) is 9.58. The topological polar surface area (TPSA) is 143 Å². The molecule has 2 aliphatic rings. The van der Waals surface area contributed by atoms with E-state index in [1.165, 1.54) is 4.31 Å². The molecule has 0 bridgehead atoms. The molecule has 2 amide bonds. The Bertz CT molecular complexity index is 1490. The third kappa shape index (κ3) is 6.03. The predicted octanol–water partition coefficient (Wildman–Crippen LogP) is 4.34. The number of amides is 2. The van der Waals surface area contributed by atoms with Gasteiger partial charge in [-0.25, -0.2) is 13.2 Å². The molecule has 3 aromatic carbocycles. The Balaban J connectivity index is 0.00000210. The predicted molar refractivity (Wildman–Crippen MR) is 159 cm³/mol. The summed E-state index contributed by atoms with van der Waals surface area (Å²) in [5.41, 5.74) is 14.1. The number of piperidine rings is 1. The number of nitrogens with zero attached hydrogens (tertiary/aromatic N) is 2. The van der Waals surface area contributed by atoms with Crippen molar-refractivity contribution in [2.45, 2.75) is 38.3 Å². The number of carbonyl (C=O) groups excluding carboxylic acids is 1. The van der Waals surface area contributed by atoms with Gasteiger partial charge < -0.3 is 21.1 Å². The zero-order valence-corrected chi connectivity index (χ0v) is 23.9. The smallest absolute Gasteiger partial charge is 0.314 e. The van der Waals surface area contributed by atoms with E-state index in [0.717, 1.165) is 21.9 Å². The molecule has 2 heterocycles. The molecule has 1 atom stereocenters. The average Bonchev–Trinajstić information content (AvgIpc) is 3.28. The van der Waals surface area contributed by atoms with E-state index in [2.05, 4.69) is 0 Å². The lowest BCUT2D eigenvalue weighted by molar-refractivity contribution is 0.114. The number of carbonyl (C=O) groups is 1. The van der Waals surface area contributed by atoms with Gasteiger partial charge in [0, 0.05) is 37.9 Å². The fraction of sp³-hybridized carbons (Fsp3) is 0.333. The minimum Gasteiger partial charge on any atom is -0.490 e. The highest BCUT2D eigenvalue weighted by molar-refractivity contribution is 7.92. The Morgan fingerprint density at radius 3 is 2.33 bits per heavy atom. The number of ether oxygens (including phenoxy) is 1. The van der Waals surface area contributed by atoms with Crippen LogP contribution in [0.4, 0.5) is 10.5 Å². The summed E-state index contributed by atoms with van der Waals surface area (Å²) in [5, 5.41) is 9.65. The molecule has 1 saturated heterocycles. The van der Waals surface area contributed by atoms with Crippen molar-refractivity contribution in [2.24, 2.45) is 11.5 Å². The standard InChI is InChI=1S/C27H31N5O4S.2ClH/c1-2-37(34,35)32-24-8-7-23(36-22-9-11-31(12-10-22)27(30)33)15-21(24)16-25(32)18-5-3-17-4-6-19(26(28)29)14-20(17)13-18;;/h3-8,13-15,22,25H,2,9-12,16H2,1H3,(H3,28,29)(H2,30,33);2*1H. The monoisotopic (exact) mass is 593 g/mol. The molecule has 0 aromatic heterocycles.